The molecular weight excluding hydrogens is 274 g/mol. The minimum atomic E-state index is -0.800. The molecular formula is C16H22ClNO2. The van der Waals surface area contributed by atoms with Crippen LogP contribution >= 0.6 is 11.6 Å². The highest BCUT2D eigenvalue weighted by Gasteiger charge is 2.37. The van der Waals surface area contributed by atoms with Crippen molar-refractivity contribution in [1.29, 1.82) is 0 Å². The van der Waals surface area contributed by atoms with Crippen LogP contribution in [0.1, 0.15) is 39.5 Å². The fourth-order valence-corrected chi connectivity index (χ4v) is 3.42. The predicted molar refractivity (Wildman–Crippen MR) is 82.5 cm³/mol. The largest absolute Gasteiger partial charge is 0.480 e. The van der Waals surface area contributed by atoms with E-state index in [-0.39, 0.29) is 18.0 Å². The van der Waals surface area contributed by atoms with Crippen LogP contribution in [0.3, 0.4) is 0 Å². The molecule has 20 heavy (non-hydrogen) atoms. The number of hydrogen-bond acceptors (Lipinski definition) is 2. The quantitative estimate of drug-likeness (QED) is 0.905. The molecule has 1 N–H and O–H groups in total. The van der Waals surface area contributed by atoms with Crippen molar-refractivity contribution < 1.29 is 9.90 Å². The molecule has 0 saturated heterocycles. The van der Waals surface area contributed by atoms with Gasteiger partial charge >= 0.3 is 5.97 Å². The van der Waals surface area contributed by atoms with Crippen LogP contribution in [0.4, 0.5) is 5.69 Å². The van der Waals surface area contributed by atoms with E-state index in [1.54, 1.807) is 0 Å². The van der Waals surface area contributed by atoms with Gasteiger partial charge in [0.15, 0.2) is 0 Å². The van der Waals surface area contributed by atoms with Gasteiger partial charge in [-0.3, -0.25) is 4.79 Å². The first-order valence-corrected chi connectivity index (χ1v) is 7.52. The average Bonchev–Trinajstić information content (AvgIpc) is 2.36. The highest BCUT2D eigenvalue weighted by molar-refractivity contribution is 6.30. The summed E-state index contributed by atoms with van der Waals surface area (Å²) in [5.41, 5.74) is 1.02. The summed E-state index contributed by atoms with van der Waals surface area (Å²) in [5.74, 6) is -0.800. The Balaban J connectivity index is 2.34. The van der Waals surface area contributed by atoms with Crippen molar-refractivity contribution >= 4 is 23.3 Å². The number of halogens is 1. The molecule has 1 fully saturated rings. The van der Waals surface area contributed by atoms with Crippen LogP contribution in [-0.4, -0.2) is 23.7 Å². The Bertz CT molecular complexity index is 487. The van der Waals surface area contributed by atoms with E-state index in [4.69, 9.17) is 11.6 Å². The molecule has 0 bridgehead atoms. The number of aliphatic carboxylic acids is 1. The summed E-state index contributed by atoms with van der Waals surface area (Å²) in [6, 6.07) is 7.73. The van der Waals surface area contributed by atoms with E-state index in [0.717, 1.165) is 24.9 Å². The lowest BCUT2D eigenvalue weighted by molar-refractivity contribution is -0.135. The van der Waals surface area contributed by atoms with Crippen LogP contribution in [-0.2, 0) is 4.79 Å². The molecule has 0 aliphatic heterocycles. The standard InChI is InChI=1S/C16H22ClNO2/c1-16(2)9-4-3-8-14(16)18(11-15(19)20)13-7-5-6-12(17)10-13/h5-7,10,14H,3-4,8-9,11H2,1-2H3,(H,19,20). The van der Waals surface area contributed by atoms with Crippen molar-refractivity contribution in [2.45, 2.75) is 45.6 Å². The first-order valence-electron chi connectivity index (χ1n) is 7.14. The Morgan fingerprint density at radius 2 is 2.20 bits per heavy atom. The monoisotopic (exact) mass is 295 g/mol. The Labute approximate surface area is 125 Å². The second-order valence-corrected chi connectivity index (χ2v) is 6.69. The number of carboxylic acids is 1. The molecule has 0 amide bonds. The lowest BCUT2D eigenvalue weighted by atomic mass is 9.72. The minimum Gasteiger partial charge on any atom is -0.480 e. The van der Waals surface area contributed by atoms with Gasteiger partial charge in [0.05, 0.1) is 0 Å². The molecule has 0 spiro atoms. The van der Waals surface area contributed by atoms with Crippen LogP contribution in [0.25, 0.3) is 0 Å². The van der Waals surface area contributed by atoms with Crippen molar-refractivity contribution in [2.75, 3.05) is 11.4 Å². The number of hydrogen-bond donors (Lipinski definition) is 1. The number of rotatable bonds is 4. The van der Waals surface area contributed by atoms with E-state index < -0.39 is 5.97 Å². The number of carbonyl (C=O) groups is 1. The van der Waals surface area contributed by atoms with Crippen molar-refractivity contribution in [3.05, 3.63) is 29.3 Å². The molecule has 1 aliphatic carbocycles. The SMILES string of the molecule is CC1(C)CCCCC1N(CC(=O)O)c1cccc(Cl)c1. The highest BCUT2D eigenvalue weighted by atomic mass is 35.5. The number of benzene rings is 1. The number of anilines is 1. The molecule has 1 saturated carbocycles. The summed E-state index contributed by atoms with van der Waals surface area (Å²) in [6.07, 6.45) is 4.55. The molecule has 0 heterocycles. The summed E-state index contributed by atoms with van der Waals surface area (Å²) >= 11 is 6.06. The Morgan fingerprint density at radius 3 is 2.80 bits per heavy atom. The third-order valence-corrected chi connectivity index (χ3v) is 4.51. The van der Waals surface area contributed by atoms with Gasteiger partial charge in [0.25, 0.3) is 0 Å². The van der Waals surface area contributed by atoms with Crippen molar-refractivity contribution in [3.8, 4) is 0 Å². The minimum absolute atomic E-state index is 0.0223. The zero-order chi connectivity index (χ0) is 14.8. The Kier molecular flexibility index (Phi) is 4.59. The van der Waals surface area contributed by atoms with Gasteiger partial charge in [0.1, 0.15) is 6.54 Å². The van der Waals surface area contributed by atoms with Gasteiger partial charge in [-0.1, -0.05) is 44.4 Å². The molecule has 4 heteroatoms. The lowest BCUT2D eigenvalue weighted by Gasteiger charge is -2.46. The van der Waals surface area contributed by atoms with Gasteiger partial charge in [0.2, 0.25) is 0 Å². The second-order valence-electron chi connectivity index (χ2n) is 6.25. The maximum absolute atomic E-state index is 11.2. The molecule has 1 aromatic rings. The summed E-state index contributed by atoms with van der Waals surface area (Å²) < 4.78 is 0. The van der Waals surface area contributed by atoms with Crippen LogP contribution in [0.2, 0.25) is 5.02 Å². The summed E-state index contributed by atoms with van der Waals surface area (Å²) in [5, 5.41) is 9.89. The first-order chi connectivity index (χ1) is 9.40. The Hall–Kier alpha value is -1.22. The van der Waals surface area contributed by atoms with Crippen molar-refractivity contribution in [3.63, 3.8) is 0 Å². The maximum atomic E-state index is 11.2. The molecule has 110 valence electrons. The first kappa shape index (κ1) is 15.2. The third kappa shape index (κ3) is 3.45. The van der Waals surface area contributed by atoms with E-state index in [0.29, 0.717) is 5.02 Å². The molecule has 1 aliphatic rings. The molecule has 1 aromatic carbocycles. The molecule has 3 nitrogen and oxygen atoms in total. The van der Waals surface area contributed by atoms with Gasteiger partial charge < -0.3 is 10.0 Å². The fraction of sp³-hybridized carbons (Fsp3) is 0.562. The summed E-state index contributed by atoms with van der Waals surface area (Å²) in [6.45, 7) is 4.49. The van der Waals surface area contributed by atoms with E-state index in [2.05, 4.69) is 13.8 Å². The molecule has 1 atom stereocenters. The van der Waals surface area contributed by atoms with Gasteiger partial charge in [-0.2, -0.15) is 0 Å². The van der Waals surface area contributed by atoms with Crippen LogP contribution in [0.15, 0.2) is 24.3 Å². The lowest BCUT2D eigenvalue weighted by Crippen LogP contribution is -2.49. The summed E-state index contributed by atoms with van der Waals surface area (Å²) in [4.78, 5) is 13.3. The molecule has 0 aromatic heterocycles. The predicted octanol–water partition coefficient (Wildman–Crippen LogP) is 4.20. The van der Waals surface area contributed by atoms with E-state index in [1.807, 2.05) is 29.2 Å². The average molecular weight is 296 g/mol. The van der Waals surface area contributed by atoms with Crippen LogP contribution in [0.5, 0.6) is 0 Å². The van der Waals surface area contributed by atoms with Gasteiger partial charge in [-0.05, 0) is 36.5 Å². The topological polar surface area (TPSA) is 40.5 Å². The van der Waals surface area contributed by atoms with E-state index >= 15 is 0 Å². The van der Waals surface area contributed by atoms with Gasteiger partial charge in [-0.15, -0.1) is 0 Å². The molecule has 0 radical (unpaired) electrons. The molecule has 1 unspecified atom stereocenters. The maximum Gasteiger partial charge on any atom is 0.323 e. The fourth-order valence-electron chi connectivity index (χ4n) is 3.24. The molecule has 2 rings (SSSR count). The zero-order valence-electron chi connectivity index (χ0n) is 12.1. The number of nitrogens with zero attached hydrogens (tertiary/aromatic N) is 1. The highest BCUT2D eigenvalue weighted by Crippen LogP contribution is 2.40. The van der Waals surface area contributed by atoms with Gasteiger partial charge in [0, 0.05) is 16.8 Å². The zero-order valence-corrected chi connectivity index (χ0v) is 12.9. The van der Waals surface area contributed by atoms with Crippen LogP contribution < -0.4 is 4.90 Å². The smallest absolute Gasteiger partial charge is 0.323 e. The second kappa shape index (κ2) is 6.04. The third-order valence-electron chi connectivity index (χ3n) is 4.27. The van der Waals surface area contributed by atoms with Crippen LogP contribution in [0, 0.1) is 5.41 Å². The number of carboxylic acid groups (broad SMARTS) is 1. The van der Waals surface area contributed by atoms with E-state index in [1.165, 1.54) is 6.42 Å². The van der Waals surface area contributed by atoms with Gasteiger partial charge in [-0.25, -0.2) is 0 Å². The normalized spacial score (nSPS) is 21.4. The van der Waals surface area contributed by atoms with Crippen molar-refractivity contribution in [2.24, 2.45) is 5.41 Å². The van der Waals surface area contributed by atoms with E-state index in [9.17, 15) is 9.90 Å². The Morgan fingerprint density at radius 1 is 1.45 bits per heavy atom. The summed E-state index contributed by atoms with van der Waals surface area (Å²) in [7, 11) is 0. The van der Waals surface area contributed by atoms with Crippen molar-refractivity contribution in [1.82, 2.24) is 0 Å².